The first-order valence-corrected chi connectivity index (χ1v) is 16.6. The van der Waals surface area contributed by atoms with E-state index in [1.165, 1.54) is 23.0 Å². The maximum absolute atomic E-state index is 11.9. The summed E-state index contributed by atoms with van der Waals surface area (Å²) in [6.07, 6.45) is 0. The van der Waals surface area contributed by atoms with Crippen LogP contribution in [0.15, 0.2) is 105 Å². The van der Waals surface area contributed by atoms with E-state index in [0.29, 0.717) is 11.4 Å². The van der Waals surface area contributed by atoms with Crippen molar-refractivity contribution < 1.29 is 12.9 Å². The lowest BCUT2D eigenvalue weighted by atomic mass is 10.1. The molecular weight excluding hydrogens is 593 g/mol. The largest absolute Gasteiger partial charge is 0.455 e. The molecule has 0 bridgehead atoms. The van der Waals surface area contributed by atoms with Gasteiger partial charge in [0.25, 0.3) is 0 Å². The van der Waals surface area contributed by atoms with Gasteiger partial charge in [-0.15, -0.1) is 0 Å². The molecule has 0 saturated carbocycles. The number of primary sulfonamides is 1. The van der Waals surface area contributed by atoms with Crippen LogP contribution in [-0.2, 0) is 16.6 Å². The van der Waals surface area contributed by atoms with Crippen LogP contribution in [0.25, 0.3) is 21.8 Å². The van der Waals surface area contributed by atoms with E-state index in [-0.39, 0.29) is 4.90 Å². The molecule has 0 aliphatic heterocycles. The minimum absolute atomic E-state index is 0.0443. The summed E-state index contributed by atoms with van der Waals surface area (Å²) in [7, 11) is -6.63. The van der Waals surface area contributed by atoms with Crippen molar-refractivity contribution in [3.63, 3.8) is 0 Å². The van der Waals surface area contributed by atoms with Gasteiger partial charge in [-0.05, 0) is 73.7 Å². The highest BCUT2D eigenvalue weighted by Gasteiger charge is 2.39. The van der Waals surface area contributed by atoms with Crippen LogP contribution in [0.4, 0.5) is 5.69 Å². The number of nitrogens with two attached hydrogens (primary N) is 1. The molecule has 39 heavy (non-hydrogen) atoms. The number of hydrogen-bond acceptors (Lipinski definition) is 4. The number of fused-ring (bicyclic) bond motifs is 3. The summed E-state index contributed by atoms with van der Waals surface area (Å²) in [5.41, 5.74) is 2.97. The first kappa shape index (κ1) is 27.7. The van der Waals surface area contributed by atoms with Crippen LogP contribution in [0.3, 0.4) is 0 Å². The molecule has 202 valence electrons. The Morgan fingerprint density at radius 2 is 1.59 bits per heavy atom. The van der Waals surface area contributed by atoms with Crippen molar-refractivity contribution in [1.82, 2.24) is 4.57 Å². The highest BCUT2D eigenvalue weighted by molar-refractivity contribution is 9.10. The lowest BCUT2D eigenvalue weighted by Gasteiger charge is -2.37. The summed E-state index contributed by atoms with van der Waals surface area (Å²) in [6, 6.07) is 29.1. The number of sulfonamides is 1. The number of aryl methyl sites for hydroxylation is 1. The van der Waals surface area contributed by atoms with Gasteiger partial charge in [0.05, 0.1) is 10.6 Å². The zero-order valence-electron chi connectivity index (χ0n) is 22.3. The standard InChI is InChI=1S/C30H31BrN3O3PS/c1-5-34-28-12-7-6-11-26(28)27-20-24(15-18-29(27)34)38(30(2,3)4,37-23-10-8-9-21(31)19-23)33-22-13-16-25(17-14-22)39(32,35)36/h6-20H,5H2,1-4H3,(H2,32,35,36)/t38-/m0/s1. The summed E-state index contributed by atoms with van der Waals surface area (Å²) in [6.45, 7) is 9.43. The fraction of sp³-hybridized carbons (Fsp3) is 0.200. The summed E-state index contributed by atoms with van der Waals surface area (Å²) in [5.74, 6) is 0.702. The van der Waals surface area contributed by atoms with Crippen LogP contribution < -0.4 is 15.0 Å². The van der Waals surface area contributed by atoms with Gasteiger partial charge in [-0.25, -0.2) is 18.3 Å². The summed E-state index contributed by atoms with van der Waals surface area (Å²) < 4.78 is 39.3. The predicted molar refractivity (Wildman–Crippen MR) is 166 cm³/mol. The third kappa shape index (κ3) is 5.19. The zero-order chi connectivity index (χ0) is 28.0. The van der Waals surface area contributed by atoms with Gasteiger partial charge in [0, 0.05) is 43.3 Å². The van der Waals surface area contributed by atoms with Crippen molar-refractivity contribution in [2.75, 3.05) is 0 Å². The number of aromatic nitrogens is 1. The van der Waals surface area contributed by atoms with E-state index < -0.39 is 22.5 Å². The second kappa shape index (κ2) is 10.3. The number of para-hydroxylation sites is 1. The van der Waals surface area contributed by atoms with Crippen LogP contribution in [0.5, 0.6) is 5.75 Å². The van der Waals surface area contributed by atoms with Crippen molar-refractivity contribution in [2.45, 2.75) is 44.3 Å². The van der Waals surface area contributed by atoms with Gasteiger partial charge in [0.1, 0.15) is 5.75 Å². The van der Waals surface area contributed by atoms with E-state index in [0.717, 1.165) is 27.2 Å². The Hall–Kier alpha value is -2.90. The molecule has 9 heteroatoms. The van der Waals surface area contributed by atoms with Crippen molar-refractivity contribution in [2.24, 2.45) is 9.88 Å². The van der Waals surface area contributed by atoms with Gasteiger partial charge in [0.15, 0.2) is 7.28 Å². The minimum Gasteiger partial charge on any atom is -0.455 e. The van der Waals surface area contributed by atoms with E-state index in [9.17, 15) is 8.42 Å². The summed E-state index contributed by atoms with van der Waals surface area (Å²) >= 11 is 3.57. The molecule has 6 nitrogen and oxygen atoms in total. The zero-order valence-corrected chi connectivity index (χ0v) is 25.6. The van der Waals surface area contributed by atoms with Crippen LogP contribution in [-0.4, -0.2) is 18.1 Å². The molecule has 1 heterocycles. The molecular formula is C30H31BrN3O3PS. The van der Waals surface area contributed by atoms with Crippen LogP contribution >= 0.6 is 23.2 Å². The number of rotatable bonds is 6. The number of nitrogens with zero attached hydrogens (tertiary/aromatic N) is 2. The van der Waals surface area contributed by atoms with E-state index in [4.69, 9.17) is 14.4 Å². The SMILES string of the molecule is CCn1c2ccccc2c2cc([P@](=Nc3ccc(S(N)(=O)=O)cc3)(Oc3cccc(Br)c3)C(C)(C)C)ccc21. The molecule has 5 rings (SSSR count). The van der Waals surface area contributed by atoms with Crippen LogP contribution in [0.1, 0.15) is 27.7 Å². The second-order valence-electron chi connectivity index (χ2n) is 10.4. The molecule has 1 atom stereocenters. The Kier molecular flexibility index (Phi) is 7.27. The van der Waals surface area contributed by atoms with Crippen molar-refractivity contribution >= 4 is 66.0 Å². The molecule has 0 spiro atoms. The molecule has 0 radical (unpaired) electrons. The predicted octanol–water partition coefficient (Wildman–Crippen LogP) is 8.18. The lowest BCUT2D eigenvalue weighted by molar-refractivity contribution is 0.571. The van der Waals surface area contributed by atoms with Gasteiger partial charge in [0.2, 0.25) is 10.0 Å². The average Bonchev–Trinajstić information content (AvgIpc) is 3.20. The van der Waals surface area contributed by atoms with Crippen molar-refractivity contribution in [1.29, 1.82) is 0 Å². The highest BCUT2D eigenvalue weighted by atomic mass is 79.9. The Bertz CT molecular complexity index is 1860. The van der Waals surface area contributed by atoms with E-state index in [2.05, 4.69) is 90.7 Å². The maximum atomic E-state index is 11.9. The normalized spacial score (nSPS) is 13.9. The molecule has 0 fully saturated rings. The van der Waals surface area contributed by atoms with E-state index in [1.54, 1.807) is 12.1 Å². The van der Waals surface area contributed by atoms with E-state index >= 15 is 0 Å². The molecule has 0 aliphatic carbocycles. The first-order chi connectivity index (χ1) is 18.4. The third-order valence-corrected chi connectivity index (χ3v) is 12.0. The lowest BCUT2D eigenvalue weighted by Crippen LogP contribution is -2.27. The summed E-state index contributed by atoms with van der Waals surface area (Å²) in [5, 5.41) is 8.26. The molecule has 0 unspecified atom stereocenters. The molecule has 0 aliphatic rings. The first-order valence-electron chi connectivity index (χ1n) is 12.6. The van der Waals surface area contributed by atoms with E-state index in [1.807, 2.05) is 24.3 Å². The Labute approximate surface area is 238 Å². The average molecular weight is 625 g/mol. The van der Waals surface area contributed by atoms with Gasteiger partial charge in [-0.3, -0.25) is 0 Å². The smallest absolute Gasteiger partial charge is 0.238 e. The number of benzene rings is 4. The Morgan fingerprint density at radius 3 is 2.23 bits per heavy atom. The second-order valence-corrected chi connectivity index (χ2v) is 16.3. The van der Waals surface area contributed by atoms with Crippen molar-refractivity contribution in [3.05, 3.63) is 95.5 Å². The van der Waals surface area contributed by atoms with Crippen LogP contribution in [0, 0.1) is 0 Å². The van der Waals surface area contributed by atoms with Gasteiger partial charge in [-0.2, -0.15) is 0 Å². The maximum Gasteiger partial charge on any atom is 0.238 e. The number of hydrogen-bond donors (Lipinski definition) is 1. The summed E-state index contributed by atoms with van der Waals surface area (Å²) in [4.78, 5) is 0.0443. The molecule has 5 aromatic rings. The molecule has 4 aromatic carbocycles. The minimum atomic E-state index is -3.81. The number of halogens is 1. The quantitative estimate of drug-likeness (QED) is 0.193. The Balaban J connectivity index is 1.83. The Morgan fingerprint density at radius 1 is 0.897 bits per heavy atom. The fourth-order valence-corrected chi connectivity index (χ4v) is 8.88. The molecule has 0 saturated heterocycles. The molecule has 0 amide bonds. The highest BCUT2D eigenvalue weighted by Crippen LogP contribution is 2.62. The van der Waals surface area contributed by atoms with Crippen LogP contribution in [0.2, 0.25) is 0 Å². The fourth-order valence-electron chi connectivity index (χ4n) is 4.92. The van der Waals surface area contributed by atoms with Crippen molar-refractivity contribution in [3.8, 4) is 5.75 Å². The van der Waals surface area contributed by atoms with Gasteiger partial charge in [-0.1, -0.05) is 61.0 Å². The molecule has 2 N–H and O–H groups in total. The van der Waals surface area contributed by atoms with Gasteiger partial charge < -0.3 is 9.09 Å². The van der Waals surface area contributed by atoms with Gasteiger partial charge >= 0.3 is 0 Å². The molecule has 1 aromatic heterocycles. The monoisotopic (exact) mass is 623 g/mol. The topological polar surface area (TPSA) is 86.7 Å². The third-order valence-electron chi connectivity index (χ3n) is 6.79.